The van der Waals surface area contributed by atoms with Gasteiger partial charge in [0.2, 0.25) is 11.8 Å². The zero-order valence-corrected chi connectivity index (χ0v) is 17.3. The fourth-order valence-electron chi connectivity index (χ4n) is 2.66. The first-order valence-electron chi connectivity index (χ1n) is 9.70. The SMILES string of the molecule is Cc1nc(OCC(C)C)cc(Oc2cc(C#N)ccc2-c2ncc(CCN)cn2)n1. The second kappa shape index (κ2) is 9.76. The average Bonchev–Trinajstić information content (AvgIpc) is 2.73. The van der Waals surface area contributed by atoms with Crippen LogP contribution in [0.4, 0.5) is 0 Å². The molecule has 0 atom stereocenters. The van der Waals surface area contributed by atoms with Gasteiger partial charge < -0.3 is 15.2 Å². The molecule has 0 unspecified atom stereocenters. The summed E-state index contributed by atoms with van der Waals surface area (Å²) >= 11 is 0. The molecule has 0 saturated heterocycles. The van der Waals surface area contributed by atoms with Crippen molar-refractivity contribution in [3.63, 3.8) is 0 Å². The van der Waals surface area contributed by atoms with Crippen molar-refractivity contribution in [2.24, 2.45) is 11.7 Å². The molecule has 0 fully saturated rings. The Labute approximate surface area is 175 Å². The minimum absolute atomic E-state index is 0.317. The standard InChI is InChI=1S/C22H24N6O2/c1-14(2)13-29-20-9-21(28-15(3)27-20)30-19-8-16(10-24)4-5-18(19)22-25-11-17(6-7-23)12-26-22/h4-5,8-9,11-12,14H,6-7,13,23H2,1-3H3. The van der Waals surface area contributed by atoms with Gasteiger partial charge in [-0.1, -0.05) is 13.8 Å². The second-order valence-corrected chi connectivity index (χ2v) is 7.17. The molecule has 0 amide bonds. The molecule has 3 rings (SSSR count). The van der Waals surface area contributed by atoms with Crippen molar-refractivity contribution in [2.75, 3.05) is 13.2 Å². The first kappa shape index (κ1) is 21.1. The van der Waals surface area contributed by atoms with Crippen molar-refractivity contribution in [1.29, 1.82) is 5.26 Å². The summed E-state index contributed by atoms with van der Waals surface area (Å²) in [5.41, 5.74) is 7.64. The molecule has 2 N–H and O–H groups in total. The van der Waals surface area contributed by atoms with E-state index in [1.54, 1.807) is 43.6 Å². The molecule has 0 aliphatic rings. The highest BCUT2D eigenvalue weighted by Crippen LogP contribution is 2.32. The van der Waals surface area contributed by atoms with Gasteiger partial charge in [0.05, 0.1) is 29.9 Å². The normalized spacial score (nSPS) is 10.7. The molecule has 3 aromatic rings. The van der Waals surface area contributed by atoms with Crippen LogP contribution in [0.3, 0.4) is 0 Å². The summed E-state index contributed by atoms with van der Waals surface area (Å²) in [5.74, 6) is 2.55. The lowest BCUT2D eigenvalue weighted by atomic mass is 10.1. The van der Waals surface area contributed by atoms with E-state index in [4.69, 9.17) is 15.2 Å². The average molecular weight is 404 g/mol. The predicted molar refractivity (Wildman–Crippen MR) is 112 cm³/mol. The first-order chi connectivity index (χ1) is 14.5. The van der Waals surface area contributed by atoms with Gasteiger partial charge in [-0.3, -0.25) is 0 Å². The molecule has 0 spiro atoms. The van der Waals surface area contributed by atoms with Crippen molar-refractivity contribution in [1.82, 2.24) is 19.9 Å². The third-order valence-corrected chi connectivity index (χ3v) is 4.06. The fourth-order valence-corrected chi connectivity index (χ4v) is 2.66. The second-order valence-electron chi connectivity index (χ2n) is 7.17. The highest BCUT2D eigenvalue weighted by Gasteiger charge is 2.14. The Morgan fingerprint density at radius 2 is 1.83 bits per heavy atom. The van der Waals surface area contributed by atoms with Gasteiger partial charge in [-0.05, 0) is 49.6 Å². The molecule has 154 valence electrons. The summed E-state index contributed by atoms with van der Waals surface area (Å²) in [4.78, 5) is 17.5. The van der Waals surface area contributed by atoms with Crippen molar-refractivity contribution in [3.8, 4) is 35.0 Å². The van der Waals surface area contributed by atoms with E-state index in [2.05, 4.69) is 39.9 Å². The molecule has 0 radical (unpaired) electrons. The lowest BCUT2D eigenvalue weighted by Gasteiger charge is -2.13. The van der Waals surface area contributed by atoms with Gasteiger partial charge >= 0.3 is 0 Å². The third-order valence-electron chi connectivity index (χ3n) is 4.06. The van der Waals surface area contributed by atoms with E-state index in [1.165, 1.54) is 0 Å². The number of hydrogen-bond donors (Lipinski definition) is 1. The molecular weight excluding hydrogens is 380 g/mol. The summed E-state index contributed by atoms with van der Waals surface area (Å²) in [6.45, 7) is 6.95. The number of benzene rings is 1. The Kier molecular flexibility index (Phi) is 6.88. The lowest BCUT2D eigenvalue weighted by molar-refractivity contribution is 0.259. The zero-order valence-electron chi connectivity index (χ0n) is 17.3. The van der Waals surface area contributed by atoms with E-state index in [9.17, 15) is 5.26 Å². The fraction of sp³-hybridized carbons (Fsp3) is 0.318. The Hall–Kier alpha value is -3.57. The number of nitrogens with two attached hydrogens (primary N) is 1. The van der Waals surface area contributed by atoms with Crippen molar-refractivity contribution < 1.29 is 9.47 Å². The Morgan fingerprint density at radius 3 is 2.50 bits per heavy atom. The Morgan fingerprint density at radius 1 is 1.10 bits per heavy atom. The highest BCUT2D eigenvalue weighted by atomic mass is 16.5. The van der Waals surface area contributed by atoms with E-state index in [1.807, 2.05) is 0 Å². The van der Waals surface area contributed by atoms with Gasteiger partial charge in [0.25, 0.3) is 0 Å². The van der Waals surface area contributed by atoms with Gasteiger partial charge in [0, 0.05) is 12.4 Å². The smallest absolute Gasteiger partial charge is 0.226 e. The van der Waals surface area contributed by atoms with Gasteiger partial charge in [-0.15, -0.1) is 0 Å². The van der Waals surface area contributed by atoms with E-state index >= 15 is 0 Å². The van der Waals surface area contributed by atoms with Gasteiger partial charge in [-0.2, -0.15) is 15.2 Å². The van der Waals surface area contributed by atoms with Crippen LogP contribution >= 0.6 is 0 Å². The molecule has 8 heteroatoms. The minimum Gasteiger partial charge on any atom is -0.477 e. The Bertz CT molecular complexity index is 1040. The number of aromatic nitrogens is 4. The van der Waals surface area contributed by atoms with Gasteiger partial charge in [-0.25, -0.2) is 9.97 Å². The lowest BCUT2D eigenvalue weighted by Crippen LogP contribution is -2.07. The topological polar surface area (TPSA) is 120 Å². The maximum atomic E-state index is 9.30. The third kappa shape index (κ3) is 5.49. The number of ether oxygens (including phenoxy) is 2. The monoisotopic (exact) mass is 404 g/mol. The van der Waals surface area contributed by atoms with Crippen LogP contribution in [-0.2, 0) is 6.42 Å². The van der Waals surface area contributed by atoms with Crippen LogP contribution in [0, 0.1) is 24.2 Å². The maximum Gasteiger partial charge on any atom is 0.226 e. The van der Waals surface area contributed by atoms with Crippen molar-refractivity contribution in [3.05, 3.63) is 53.6 Å². The molecule has 1 aromatic carbocycles. The maximum absolute atomic E-state index is 9.30. The molecule has 8 nitrogen and oxygen atoms in total. The van der Waals surface area contributed by atoms with Crippen LogP contribution in [0.2, 0.25) is 0 Å². The number of rotatable bonds is 8. The number of nitriles is 1. The largest absolute Gasteiger partial charge is 0.477 e. The Balaban J connectivity index is 1.94. The molecule has 0 aliphatic carbocycles. The van der Waals surface area contributed by atoms with Crippen LogP contribution in [0.5, 0.6) is 17.5 Å². The number of nitrogens with zero attached hydrogens (tertiary/aromatic N) is 5. The van der Waals surface area contributed by atoms with Gasteiger partial charge in [0.15, 0.2) is 5.82 Å². The molecule has 0 saturated carbocycles. The highest BCUT2D eigenvalue weighted by molar-refractivity contribution is 5.66. The van der Waals surface area contributed by atoms with Crippen LogP contribution in [0.15, 0.2) is 36.7 Å². The summed E-state index contributed by atoms with van der Waals surface area (Å²) in [6.07, 6.45) is 4.18. The van der Waals surface area contributed by atoms with Crippen molar-refractivity contribution in [2.45, 2.75) is 27.2 Å². The summed E-state index contributed by atoms with van der Waals surface area (Å²) in [7, 11) is 0. The van der Waals surface area contributed by atoms with Crippen LogP contribution in [0.1, 0.15) is 30.8 Å². The van der Waals surface area contributed by atoms with Crippen molar-refractivity contribution >= 4 is 0 Å². The summed E-state index contributed by atoms with van der Waals surface area (Å²) in [6, 6.07) is 8.84. The van der Waals surface area contributed by atoms with E-state index in [0.717, 1.165) is 5.56 Å². The van der Waals surface area contributed by atoms with Crippen LogP contribution in [0.25, 0.3) is 11.4 Å². The van der Waals surface area contributed by atoms with E-state index in [-0.39, 0.29) is 0 Å². The molecule has 30 heavy (non-hydrogen) atoms. The zero-order chi connectivity index (χ0) is 21.5. The molecule has 0 aliphatic heterocycles. The first-order valence-corrected chi connectivity index (χ1v) is 9.70. The molecule has 2 aromatic heterocycles. The number of aryl methyl sites for hydroxylation is 1. The minimum atomic E-state index is 0.317. The van der Waals surface area contributed by atoms with E-state index < -0.39 is 0 Å². The number of hydrogen-bond acceptors (Lipinski definition) is 8. The van der Waals surface area contributed by atoms with E-state index in [0.29, 0.717) is 65.8 Å². The van der Waals surface area contributed by atoms with Gasteiger partial charge in [0.1, 0.15) is 11.6 Å². The van der Waals surface area contributed by atoms with Crippen LogP contribution < -0.4 is 15.2 Å². The van der Waals surface area contributed by atoms with Crippen LogP contribution in [-0.4, -0.2) is 33.1 Å². The molecule has 2 heterocycles. The molecular formula is C22H24N6O2. The summed E-state index contributed by atoms with van der Waals surface area (Å²) < 4.78 is 11.7. The quantitative estimate of drug-likeness (QED) is 0.606. The summed E-state index contributed by atoms with van der Waals surface area (Å²) in [5, 5.41) is 9.30. The molecule has 0 bridgehead atoms. The predicted octanol–water partition coefficient (Wildman–Crippen LogP) is 3.44.